The molecule has 0 saturated carbocycles. The maximum absolute atomic E-state index is 4.19. The quantitative estimate of drug-likeness (QED) is 0.517. The van der Waals surface area contributed by atoms with Crippen molar-refractivity contribution < 1.29 is 0 Å². The third-order valence-electron chi connectivity index (χ3n) is 2.32. The third-order valence-corrected chi connectivity index (χ3v) is 2.32. The third kappa shape index (κ3) is 1.03. The first-order valence-corrected chi connectivity index (χ1v) is 4.04. The van der Waals surface area contributed by atoms with E-state index in [1.807, 2.05) is 6.20 Å². The predicted octanol–water partition coefficient (Wildman–Crippen LogP) is 0.582. The highest BCUT2D eigenvalue weighted by Crippen LogP contribution is 2.14. The molecule has 1 atom stereocenters. The van der Waals surface area contributed by atoms with Crippen LogP contribution in [0.2, 0.25) is 0 Å². The summed E-state index contributed by atoms with van der Waals surface area (Å²) in [5.41, 5.74) is 0. The zero-order chi connectivity index (χ0) is 6.81. The van der Waals surface area contributed by atoms with E-state index in [2.05, 4.69) is 16.3 Å². The summed E-state index contributed by atoms with van der Waals surface area (Å²) in [6.45, 7) is 3.56. The molecule has 2 aliphatic rings. The van der Waals surface area contributed by atoms with Crippen LogP contribution < -0.4 is 5.32 Å². The lowest BCUT2D eigenvalue weighted by molar-refractivity contribution is 0.290. The fourth-order valence-electron chi connectivity index (χ4n) is 1.70. The van der Waals surface area contributed by atoms with Gasteiger partial charge in [0.25, 0.3) is 0 Å². The van der Waals surface area contributed by atoms with Crippen molar-refractivity contribution >= 4 is 0 Å². The lowest BCUT2D eigenvalue weighted by Gasteiger charge is -2.19. The van der Waals surface area contributed by atoms with E-state index in [9.17, 15) is 0 Å². The lowest BCUT2D eigenvalue weighted by atomic mass is 10.3. The van der Waals surface area contributed by atoms with Gasteiger partial charge in [0.15, 0.2) is 0 Å². The molecule has 10 heavy (non-hydrogen) atoms. The van der Waals surface area contributed by atoms with Crippen molar-refractivity contribution in [1.82, 2.24) is 10.2 Å². The molecule has 55 valence electrons. The van der Waals surface area contributed by atoms with Gasteiger partial charge in [-0.3, -0.25) is 10.2 Å². The van der Waals surface area contributed by atoms with Gasteiger partial charge in [-0.15, -0.1) is 0 Å². The molecular formula is C8H13N2. The summed E-state index contributed by atoms with van der Waals surface area (Å²) in [7, 11) is 0. The van der Waals surface area contributed by atoms with Crippen molar-refractivity contribution in [2.45, 2.75) is 18.9 Å². The predicted molar refractivity (Wildman–Crippen MR) is 40.7 cm³/mol. The van der Waals surface area contributed by atoms with Gasteiger partial charge in [0.2, 0.25) is 0 Å². The zero-order valence-corrected chi connectivity index (χ0v) is 6.16. The van der Waals surface area contributed by atoms with Crippen molar-refractivity contribution in [2.24, 2.45) is 0 Å². The number of rotatable bonds is 1. The van der Waals surface area contributed by atoms with Gasteiger partial charge in [-0.1, -0.05) is 0 Å². The Bertz CT molecular complexity index is 136. The maximum atomic E-state index is 4.19. The largest absolute Gasteiger partial charge is 0.295 e. The van der Waals surface area contributed by atoms with Crippen LogP contribution >= 0.6 is 0 Å². The molecule has 0 spiro atoms. The first-order chi connectivity index (χ1) is 4.97. The van der Waals surface area contributed by atoms with Crippen LogP contribution in [-0.2, 0) is 0 Å². The van der Waals surface area contributed by atoms with Gasteiger partial charge in [-0.25, -0.2) is 0 Å². The molecule has 2 rings (SSSR count). The Morgan fingerprint density at radius 1 is 1.30 bits per heavy atom. The van der Waals surface area contributed by atoms with Crippen LogP contribution in [0.1, 0.15) is 12.8 Å². The molecular weight excluding hydrogens is 124 g/mol. The van der Waals surface area contributed by atoms with Crippen molar-refractivity contribution in [2.75, 3.05) is 19.6 Å². The van der Waals surface area contributed by atoms with E-state index in [-0.39, 0.29) is 0 Å². The van der Waals surface area contributed by atoms with Gasteiger partial charge in [-0.05, 0) is 32.0 Å². The van der Waals surface area contributed by atoms with Gasteiger partial charge < -0.3 is 0 Å². The normalized spacial score (nSPS) is 33.0. The molecule has 0 aromatic heterocycles. The molecule has 0 N–H and O–H groups in total. The average Bonchev–Trinajstić information content (AvgIpc) is 2.59. The number of likely N-dealkylation sites (tertiary alicyclic amines) is 1. The summed E-state index contributed by atoms with van der Waals surface area (Å²) in [6, 6.07) is 0.641. The average molecular weight is 137 g/mol. The van der Waals surface area contributed by atoms with Crippen LogP contribution in [0, 0.1) is 0 Å². The van der Waals surface area contributed by atoms with Crippen LogP contribution in [0.5, 0.6) is 0 Å². The fraction of sp³-hybridized carbons (Fsp3) is 0.750. The molecule has 2 nitrogen and oxygen atoms in total. The molecule has 1 radical (unpaired) electrons. The van der Waals surface area contributed by atoms with Crippen LogP contribution in [0.3, 0.4) is 0 Å². The van der Waals surface area contributed by atoms with E-state index in [4.69, 9.17) is 0 Å². The number of hydrogen-bond donors (Lipinski definition) is 0. The van der Waals surface area contributed by atoms with E-state index in [1.54, 1.807) is 0 Å². The lowest BCUT2D eigenvalue weighted by Crippen LogP contribution is -2.33. The van der Waals surface area contributed by atoms with Crippen molar-refractivity contribution in [1.29, 1.82) is 0 Å². The second kappa shape index (κ2) is 2.62. The van der Waals surface area contributed by atoms with Crippen LogP contribution in [0.25, 0.3) is 0 Å². The summed E-state index contributed by atoms with van der Waals surface area (Å²) < 4.78 is 0. The zero-order valence-electron chi connectivity index (χ0n) is 6.16. The first kappa shape index (κ1) is 6.23. The van der Waals surface area contributed by atoms with Crippen molar-refractivity contribution in [3.8, 4) is 0 Å². The highest BCUT2D eigenvalue weighted by Gasteiger charge is 2.21. The van der Waals surface area contributed by atoms with Crippen LogP contribution in [-0.4, -0.2) is 30.6 Å². The van der Waals surface area contributed by atoms with Gasteiger partial charge in [0.05, 0.1) is 6.54 Å². The molecule has 1 fully saturated rings. The van der Waals surface area contributed by atoms with E-state index >= 15 is 0 Å². The fourth-order valence-corrected chi connectivity index (χ4v) is 1.70. The first-order valence-electron chi connectivity index (χ1n) is 4.04. The van der Waals surface area contributed by atoms with E-state index in [0.29, 0.717) is 6.04 Å². The standard InChI is InChI=1S/C8H13N2/c1-2-6-10(5-1)8-3-4-9-7-8/h3-4,8H,1-2,5-7H2. The Balaban J connectivity index is 1.91. The number of nitrogens with zero attached hydrogens (tertiary/aromatic N) is 2. The van der Waals surface area contributed by atoms with Crippen molar-refractivity contribution in [3.05, 3.63) is 12.3 Å². The Labute approximate surface area is 61.9 Å². The molecule has 0 aliphatic carbocycles. The molecule has 0 bridgehead atoms. The second-order valence-corrected chi connectivity index (χ2v) is 3.02. The highest BCUT2D eigenvalue weighted by atomic mass is 15.2. The molecule has 0 aromatic carbocycles. The summed E-state index contributed by atoms with van der Waals surface area (Å²) in [5.74, 6) is 0. The second-order valence-electron chi connectivity index (χ2n) is 3.02. The van der Waals surface area contributed by atoms with Crippen LogP contribution in [0.15, 0.2) is 12.3 Å². The summed E-state index contributed by atoms with van der Waals surface area (Å²) >= 11 is 0. The van der Waals surface area contributed by atoms with Gasteiger partial charge >= 0.3 is 0 Å². The molecule has 2 heterocycles. The Kier molecular flexibility index (Phi) is 1.63. The molecule has 2 aliphatic heterocycles. The van der Waals surface area contributed by atoms with E-state index in [1.165, 1.54) is 25.9 Å². The van der Waals surface area contributed by atoms with Gasteiger partial charge in [0, 0.05) is 12.2 Å². The summed E-state index contributed by atoms with van der Waals surface area (Å²) in [5, 5.41) is 4.19. The van der Waals surface area contributed by atoms with Crippen LogP contribution in [0.4, 0.5) is 0 Å². The Morgan fingerprint density at radius 2 is 2.10 bits per heavy atom. The molecule has 0 amide bonds. The highest BCUT2D eigenvalue weighted by molar-refractivity contribution is 5.02. The molecule has 1 saturated heterocycles. The molecule has 0 aromatic rings. The molecule has 1 unspecified atom stereocenters. The minimum Gasteiger partial charge on any atom is -0.295 e. The minimum atomic E-state index is 0.641. The van der Waals surface area contributed by atoms with Gasteiger partial charge in [0.1, 0.15) is 0 Å². The maximum Gasteiger partial charge on any atom is 0.0581 e. The van der Waals surface area contributed by atoms with E-state index in [0.717, 1.165) is 6.54 Å². The smallest absolute Gasteiger partial charge is 0.0581 e. The minimum absolute atomic E-state index is 0.641. The Morgan fingerprint density at radius 3 is 2.70 bits per heavy atom. The van der Waals surface area contributed by atoms with Gasteiger partial charge in [-0.2, -0.15) is 0 Å². The number of hydrogen-bond acceptors (Lipinski definition) is 1. The SMILES string of the molecule is C1=CC(N2CCCC2)C[N]1. The topological polar surface area (TPSA) is 17.3 Å². The van der Waals surface area contributed by atoms with E-state index < -0.39 is 0 Å². The monoisotopic (exact) mass is 137 g/mol. The van der Waals surface area contributed by atoms with Crippen molar-refractivity contribution in [3.63, 3.8) is 0 Å². The summed E-state index contributed by atoms with van der Waals surface area (Å²) in [6.07, 6.45) is 6.92. The molecule has 2 heteroatoms. The Hall–Kier alpha value is -0.500. The summed E-state index contributed by atoms with van der Waals surface area (Å²) in [4.78, 5) is 2.52.